The van der Waals surface area contributed by atoms with E-state index in [9.17, 15) is 4.79 Å². The Balaban J connectivity index is 1.63. The third-order valence-corrected chi connectivity index (χ3v) is 5.06. The van der Waals surface area contributed by atoms with Gasteiger partial charge in [0, 0.05) is 0 Å². The number of anilines is 1. The van der Waals surface area contributed by atoms with Crippen LogP contribution in [0, 0.1) is 6.92 Å². The molecule has 124 valence electrons. The summed E-state index contributed by atoms with van der Waals surface area (Å²) >= 11 is 2.60. The zero-order valence-electron chi connectivity index (χ0n) is 13.3. The van der Waals surface area contributed by atoms with E-state index in [2.05, 4.69) is 27.4 Å². The largest absolute Gasteiger partial charge is 0.486 e. The molecule has 0 unspecified atom stereocenters. The van der Waals surface area contributed by atoms with Crippen LogP contribution in [0.15, 0.2) is 29.8 Å². The van der Waals surface area contributed by atoms with Crippen molar-refractivity contribution >= 4 is 33.7 Å². The Morgan fingerprint density at radius 1 is 1.29 bits per heavy atom. The van der Waals surface area contributed by atoms with Gasteiger partial charge < -0.3 is 4.74 Å². The van der Waals surface area contributed by atoms with Crippen molar-refractivity contribution in [3.63, 3.8) is 0 Å². The topological polar surface area (TPSA) is 77.0 Å². The molecule has 8 heteroatoms. The molecule has 0 aliphatic rings. The number of nitrogens with one attached hydrogen (secondary N) is 1. The van der Waals surface area contributed by atoms with Gasteiger partial charge in [-0.2, -0.15) is 0 Å². The summed E-state index contributed by atoms with van der Waals surface area (Å²) in [6, 6.07) is 7.98. The highest BCUT2D eigenvalue weighted by molar-refractivity contribution is 7.15. The molecule has 0 radical (unpaired) electrons. The third-order valence-electron chi connectivity index (χ3n) is 3.32. The predicted molar refractivity (Wildman–Crippen MR) is 94.9 cm³/mol. The van der Waals surface area contributed by atoms with Crippen LogP contribution in [0.2, 0.25) is 0 Å². The monoisotopic (exact) mass is 360 g/mol. The number of carbonyl (C=O) groups is 1. The summed E-state index contributed by atoms with van der Waals surface area (Å²) in [5.41, 5.74) is 3.52. The number of hydrogen-bond acceptors (Lipinski definition) is 7. The van der Waals surface area contributed by atoms with Gasteiger partial charge in [-0.1, -0.05) is 30.4 Å². The first-order valence-corrected chi connectivity index (χ1v) is 9.11. The summed E-state index contributed by atoms with van der Waals surface area (Å²) < 4.78 is 5.74. The zero-order chi connectivity index (χ0) is 16.9. The predicted octanol–water partition coefficient (Wildman–Crippen LogP) is 3.70. The minimum absolute atomic E-state index is 0.222. The molecule has 0 saturated heterocycles. The normalized spacial score (nSPS) is 10.6. The van der Waals surface area contributed by atoms with Crippen molar-refractivity contribution in [3.05, 3.63) is 50.9 Å². The maximum atomic E-state index is 12.2. The Labute approximate surface area is 147 Å². The molecule has 24 heavy (non-hydrogen) atoms. The second-order valence-corrected chi connectivity index (χ2v) is 6.92. The number of aromatic nitrogens is 3. The van der Waals surface area contributed by atoms with Crippen LogP contribution in [-0.2, 0) is 13.0 Å². The Bertz CT molecular complexity index is 813. The molecule has 3 aromatic rings. The Kier molecular flexibility index (Phi) is 5.17. The fraction of sp³-hybridized carbons (Fsp3) is 0.250. The molecule has 1 N–H and O–H groups in total. The number of amides is 1. The number of thiazole rings is 1. The van der Waals surface area contributed by atoms with E-state index in [-0.39, 0.29) is 5.91 Å². The van der Waals surface area contributed by atoms with Crippen LogP contribution in [0.1, 0.15) is 32.9 Å². The summed E-state index contributed by atoms with van der Waals surface area (Å²) in [4.78, 5) is 17.2. The number of ether oxygens (including phenoxy) is 1. The summed E-state index contributed by atoms with van der Waals surface area (Å²) in [5, 5.41) is 11.4. The Morgan fingerprint density at radius 2 is 2.08 bits per heavy atom. The molecule has 0 aliphatic heterocycles. The van der Waals surface area contributed by atoms with E-state index >= 15 is 0 Å². The first-order valence-electron chi connectivity index (χ1n) is 7.41. The van der Waals surface area contributed by atoms with Crippen LogP contribution >= 0.6 is 22.7 Å². The van der Waals surface area contributed by atoms with Crippen LogP contribution in [0.3, 0.4) is 0 Å². The molecular weight excluding hydrogens is 344 g/mol. The second-order valence-electron chi connectivity index (χ2n) is 5.01. The van der Waals surface area contributed by atoms with Gasteiger partial charge >= 0.3 is 0 Å². The lowest BCUT2D eigenvalue weighted by atomic mass is 10.2. The number of benzene rings is 1. The fourth-order valence-electron chi connectivity index (χ4n) is 2.07. The van der Waals surface area contributed by atoms with E-state index in [0.29, 0.717) is 22.3 Å². The van der Waals surface area contributed by atoms with E-state index in [1.54, 1.807) is 5.51 Å². The molecule has 0 saturated carbocycles. The first-order chi connectivity index (χ1) is 11.7. The summed E-state index contributed by atoms with van der Waals surface area (Å²) in [5.74, 6) is 0.570. The van der Waals surface area contributed by atoms with Crippen molar-refractivity contribution in [2.75, 3.05) is 5.32 Å². The molecule has 0 spiro atoms. The van der Waals surface area contributed by atoms with Crippen LogP contribution in [-0.4, -0.2) is 21.1 Å². The molecule has 3 rings (SSSR count). The van der Waals surface area contributed by atoms with Gasteiger partial charge in [0.05, 0.1) is 5.69 Å². The quantitative estimate of drug-likeness (QED) is 0.725. The van der Waals surface area contributed by atoms with Gasteiger partial charge in [-0.3, -0.25) is 10.1 Å². The summed E-state index contributed by atoms with van der Waals surface area (Å²) in [6.45, 7) is 4.26. The maximum absolute atomic E-state index is 12.2. The average Bonchev–Trinajstić information content (AvgIpc) is 3.23. The van der Waals surface area contributed by atoms with Crippen LogP contribution in [0.5, 0.6) is 5.75 Å². The smallest absolute Gasteiger partial charge is 0.269 e. The van der Waals surface area contributed by atoms with Crippen molar-refractivity contribution in [1.82, 2.24) is 15.2 Å². The Hall–Kier alpha value is -2.32. The lowest BCUT2D eigenvalue weighted by molar-refractivity contribution is 0.102. The molecule has 0 bridgehead atoms. The number of rotatable bonds is 6. The molecule has 0 aliphatic carbocycles. The van der Waals surface area contributed by atoms with Gasteiger partial charge in [-0.25, -0.2) is 4.98 Å². The number of hydrogen-bond donors (Lipinski definition) is 1. The summed E-state index contributed by atoms with van der Waals surface area (Å²) in [7, 11) is 0. The van der Waals surface area contributed by atoms with Crippen LogP contribution < -0.4 is 10.1 Å². The minimum atomic E-state index is -0.222. The molecule has 0 atom stereocenters. The zero-order valence-corrected chi connectivity index (χ0v) is 14.9. The molecule has 2 aromatic heterocycles. The van der Waals surface area contributed by atoms with E-state index in [1.807, 2.05) is 31.2 Å². The van der Waals surface area contributed by atoms with Crippen molar-refractivity contribution < 1.29 is 9.53 Å². The highest BCUT2D eigenvalue weighted by Crippen LogP contribution is 2.22. The minimum Gasteiger partial charge on any atom is -0.486 e. The molecule has 0 fully saturated rings. The van der Waals surface area contributed by atoms with Gasteiger partial charge in [0.1, 0.15) is 27.8 Å². The lowest BCUT2D eigenvalue weighted by Gasteiger charge is -2.04. The molecule has 1 amide bonds. The Morgan fingerprint density at radius 3 is 2.75 bits per heavy atom. The first kappa shape index (κ1) is 16.5. The van der Waals surface area contributed by atoms with Crippen molar-refractivity contribution in [1.29, 1.82) is 0 Å². The maximum Gasteiger partial charge on any atom is 0.269 e. The van der Waals surface area contributed by atoms with Gasteiger partial charge in [-0.05, 0) is 31.0 Å². The van der Waals surface area contributed by atoms with Crippen molar-refractivity contribution in [2.24, 2.45) is 0 Å². The average molecular weight is 360 g/mol. The van der Waals surface area contributed by atoms with Gasteiger partial charge in [0.15, 0.2) is 0 Å². The molecule has 2 heterocycles. The highest BCUT2D eigenvalue weighted by atomic mass is 32.1. The van der Waals surface area contributed by atoms with E-state index in [4.69, 9.17) is 4.74 Å². The molecule has 1 aromatic carbocycles. The lowest BCUT2D eigenvalue weighted by Crippen LogP contribution is -2.11. The van der Waals surface area contributed by atoms with Gasteiger partial charge in [0.2, 0.25) is 5.13 Å². The molecular formula is C16H16N4O2S2. The number of aryl methyl sites for hydroxylation is 2. The van der Waals surface area contributed by atoms with Crippen molar-refractivity contribution in [2.45, 2.75) is 26.9 Å². The number of carbonyl (C=O) groups excluding carboxylic acids is 1. The second kappa shape index (κ2) is 7.50. The summed E-state index contributed by atoms with van der Waals surface area (Å²) in [6.07, 6.45) is 0.999. The van der Waals surface area contributed by atoms with Crippen LogP contribution in [0.4, 0.5) is 5.13 Å². The van der Waals surface area contributed by atoms with Gasteiger partial charge in [0.25, 0.3) is 5.91 Å². The van der Waals surface area contributed by atoms with E-state index < -0.39 is 0 Å². The van der Waals surface area contributed by atoms with E-state index in [0.717, 1.165) is 17.2 Å². The highest BCUT2D eigenvalue weighted by Gasteiger charge is 2.16. The molecule has 6 nitrogen and oxygen atoms in total. The van der Waals surface area contributed by atoms with Crippen molar-refractivity contribution in [3.8, 4) is 5.75 Å². The third kappa shape index (κ3) is 3.95. The fourth-order valence-corrected chi connectivity index (χ4v) is 3.39. The SMILES string of the molecule is CCc1ccc(OCc2nc(C)c(C(=O)Nc3nncs3)s2)cc1. The van der Waals surface area contributed by atoms with Gasteiger partial charge in [-0.15, -0.1) is 21.5 Å². The van der Waals surface area contributed by atoms with E-state index in [1.165, 1.54) is 28.2 Å². The standard InChI is InChI=1S/C16H16N4O2S2/c1-3-11-4-6-12(7-5-11)22-8-13-18-10(2)14(24-13)15(21)19-16-20-17-9-23-16/h4-7,9H,3,8H2,1-2H3,(H,19,20,21). The van der Waals surface area contributed by atoms with Crippen LogP contribution in [0.25, 0.3) is 0 Å². The number of nitrogens with zero attached hydrogens (tertiary/aromatic N) is 3.